The van der Waals surface area contributed by atoms with Crippen molar-refractivity contribution in [2.45, 2.75) is 26.2 Å². The summed E-state index contributed by atoms with van der Waals surface area (Å²) in [6.07, 6.45) is 1.88. The minimum atomic E-state index is -0.969. The molecule has 1 amide bonds. The molecule has 0 aliphatic carbocycles. The van der Waals surface area contributed by atoms with Gasteiger partial charge < -0.3 is 15.2 Å². The highest BCUT2D eigenvalue weighted by Gasteiger charge is 2.08. The van der Waals surface area contributed by atoms with E-state index in [0.29, 0.717) is 37.3 Å². The second-order valence-corrected chi connectivity index (χ2v) is 5.83. The van der Waals surface area contributed by atoms with Crippen LogP contribution in [0.4, 0.5) is 5.69 Å². The maximum atomic E-state index is 11.9. The fourth-order valence-corrected chi connectivity index (χ4v) is 2.48. The van der Waals surface area contributed by atoms with E-state index in [2.05, 4.69) is 17.4 Å². The SMILES string of the molecule is Cc1cc(NC(=O)CCCOCCc2ccccc2)ccc1C(=O)O. The van der Waals surface area contributed by atoms with Crippen LogP contribution in [-0.2, 0) is 16.0 Å². The number of carboxylic acids is 1. The summed E-state index contributed by atoms with van der Waals surface area (Å²) in [5.41, 5.74) is 2.71. The molecular formula is C20H23NO4. The van der Waals surface area contributed by atoms with Gasteiger partial charge in [0.1, 0.15) is 0 Å². The number of carboxylic acid groups (broad SMARTS) is 1. The molecule has 132 valence electrons. The van der Waals surface area contributed by atoms with Crippen LogP contribution >= 0.6 is 0 Å². The van der Waals surface area contributed by atoms with Crippen molar-refractivity contribution in [2.24, 2.45) is 0 Å². The van der Waals surface area contributed by atoms with Crippen LogP contribution in [-0.4, -0.2) is 30.2 Å². The maximum absolute atomic E-state index is 11.9. The van der Waals surface area contributed by atoms with Gasteiger partial charge in [-0.25, -0.2) is 4.79 Å². The average Bonchev–Trinajstić information content (AvgIpc) is 2.58. The van der Waals surface area contributed by atoms with E-state index in [-0.39, 0.29) is 11.5 Å². The van der Waals surface area contributed by atoms with Crippen molar-refractivity contribution in [3.63, 3.8) is 0 Å². The molecule has 0 unspecified atom stereocenters. The largest absolute Gasteiger partial charge is 0.478 e. The Kier molecular flexibility index (Phi) is 7.16. The molecule has 2 aromatic rings. The van der Waals surface area contributed by atoms with E-state index >= 15 is 0 Å². The summed E-state index contributed by atoms with van der Waals surface area (Å²) in [7, 11) is 0. The van der Waals surface area contributed by atoms with Crippen LogP contribution < -0.4 is 5.32 Å². The van der Waals surface area contributed by atoms with Crippen LogP contribution in [0.1, 0.15) is 34.3 Å². The Labute approximate surface area is 147 Å². The van der Waals surface area contributed by atoms with Crippen molar-refractivity contribution in [3.05, 3.63) is 65.2 Å². The van der Waals surface area contributed by atoms with Gasteiger partial charge in [0.25, 0.3) is 0 Å². The van der Waals surface area contributed by atoms with Crippen LogP contribution in [0.3, 0.4) is 0 Å². The summed E-state index contributed by atoms with van der Waals surface area (Å²) < 4.78 is 5.55. The number of rotatable bonds is 9. The number of aryl methyl sites for hydroxylation is 1. The summed E-state index contributed by atoms with van der Waals surface area (Å²) in [5.74, 6) is -1.07. The smallest absolute Gasteiger partial charge is 0.335 e. The van der Waals surface area contributed by atoms with E-state index in [4.69, 9.17) is 9.84 Å². The zero-order valence-electron chi connectivity index (χ0n) is 14.3. The Morgan fingerprint density at radius 1 is 1.08 bits per heavy atom. The lowest BCUT2D eigenvalue weighted by Gasteiger charge is -2.08. The number of benzene rings is 2. The Morgan fingerprint density at radius 3 is 2.52 bits per heavy atom. The molecule has 0 atom stereocenters. The first kappa shape index (κ1) is 18.7. The number of carbonyl (C=O) groups excluding carboxylic acids is 1. The number of aromatic carboxylic acids is 1. The average molecular weight is 341 g/mol. The van der Waals surface area contributed by atoms with E-state index in [1.807, 2.05) is 18.2 Å². The molecule has 0 fully saturated rings. The normalized spacial score (nSPS) is 10.4. The molecule has 0 heterocycles. The van der Waals surface area contributed by atoms with Gasteiger partial charge >= 0.3 is 5.97 Å². The van der Waals surface area contributed by atoms with Crippen LogP contribution in [0.2, 0.25) is 0 Å². The van der Waals surface area contributed by atoms with Gasteiger partial charge in [-0.05, 0) is 49.1 Å². The van der Waals surface area contributed by atoms with Gasteiger partial charge in [0.15, 0.2) is 0 Å². The molecule has 0 bridgehead atoms. The molecule has 2 aromatic carbocycles. The number of anilines is 1. The van der Waals surface area contributed by atoms with Crippen LogP contribution in [0, 0.1) is 6.92 Å². The van der Waals surface area contributed by atoms with Crippen molar-refractivity contribution in [1.29, 1.82) is 0 Å². The number of ether oxygens (including phenoxy) is 1. The summed E-state index contributed by atoms with van der Waals surface area (Å²) >= 11 is 0. The van der Waals surface area contributed by atoms with Crippen molar-refractivity contribution < 1.29 is 19.4 Å². The van der Waals surface area contributed by atoms with Gasteiger partial charge in [-0.1, -0.05) is 30.3 Å². The second-order valence-electron chi connectivity index (χ2n) is 5.83. The quantitative estimate of drug-likeness (QED) is 0.682. The van der Waals surface area contributed by atoms with Crippen LogP contribution in [0.15, 0.2) is 48.5 Å². The highest BCUT2D eigenvalue weighted by Crippen LogP contribution is 2.15. The standard InChI is InChI=1S/C20H23NO4/c1-15-14-17(9-10-18(15)20(23)24)21-19(22)8-5-12-25-13-11-16-6-3-2-4-7-16/h2-4,6-7,9-10,14H,5,8,11-13H2,1H3,(H,21,22)(H,23,24). The minimum absolute atomic E-state index is 0.103. The second kappa shape index (κ2) is 9.59. The Balaban J connectivity index is 1.64. The molecule has 0 aromatic heterocycles. The summed E-state index contributed by atoms with van der Waals surface area (Å²) in [5, 5.41) is 11.8. The lowest BCUT2D eigenvalue weighted by molar-refractivity contribution is -0.116. The number of amides is 1. The first-order chi connectivity index (χ1) is 12.1. The van der Waals surface area contributed by atoms with Gasteiger partial charge in [0.2, 0.25) is 5.91 Å². The number of hydrogen-bond donors (Lipinski definition) is 2. The number of nitrogens with one attached hydrogen (secondary N) is 1. The Bertz CT molecular complexity index is 713. The zero-order valence-corrected chi connectivity index (χ0v) is 14.3. The third kappa shape index (κ3) is 6.39. The third-order valence-corrected chi connectivity index (χ3v) is 3.81. The zero-order chi connectivity index (χ0) is 18.1. The maximum Gasteiger partial charge on any atom is 0.335 e. The third-order valence-electron chi connectivity index (χ3n) is 3.81. The molecule has 5 heteroatoms. The predicted octanol–water partition coefficient (Wildman–Crippen LogP) is 3.67. The molecule has 0 saturated carbocycles. The van der Waals surface area contributed by atoms with Gasteiger partial charge in [-0.3, -0.25) is 4.79 Å². The van der Waals surface area contributed by atoms with Crippen LogP contribution in [0.5, 0.6) is 0 Å². The number of hydrogen-bond acceptors (Lipinski definition) is 3. The van der Waals surface area contributed by atoms with Crippen molar-refractivity contribution in [3.8, 4) is 0 Å². The first-order valence-electron chi connectivity index (χ1n) is 8.32. The highest BCUT2D eigenvalue weighted by molar-refractivity contribution is 5.93. The monoisotopic (exact) mass is 341 g/mol. The fourth-order valence-electron chi connectivity index (χ4n) is 2.48. The predicted molar refractivity (Wildman–Crippen MR) is 97.0 cm³/mol. The minimum Gasteiger partial charge on any atom is -0.478 e. The topological polar surface area (TPSA) is 75.6 Å². The molecule has 0 radical (unpaired) electrons. The van der Waals surface area contributed by atoms with Gasteiger partial charge in [0, 0.05) is 18.7 Å². The van der Waals surface area contributed by atoms with E-state index in [9.17, 15) is 9.59 Å². The molecule has 0 saturated heterocycles. The van der Waals surface area contributed by atoms with Gasteiger partial charge in [0.05, 0.1) is 12.2 Å². The highest BCUT2D eigenvalue weighted by atomic mass is 16.5. The van der Waals surface area contributed by atoms with Crippen molar-refractivity contribution in [2.75, 3.05) is 18.5 Å². The Hall–Kier alpha value is -2.66. The molecular weight excluding hydrogens is 318 g/mol. The molecule has 0 aliphatic heterocycles. The number of carbonyl (C=O) groups is 2. The molecule has 25 heavy (non-hydrogen) atoms. The van der Waals surface area contributed by atoms with E-state index in [1.54, 1.807) is 19.1 Å². The van der Waals surface area contributed by atoms with Crippen LogP contribution in [0.25, 0.3) is 0 Å². The van der Waals surface area contributed by atoms with E-state index in [0.717, 1.165) is 6.42 Å². The van der Waals surface area contributed by atoms with Gasteiger partial charge in [-0.2, -0.15) is 0 Å². The molecule has 2 rings (SSSR count). The fraction of sp³-hybridized carbons (Fsp3) is 0.300. The molecule has 0 spiro atoms. The lowest BCUT2D eigenvalue weighted by Crippen LogP contribution is -2.13. The molecule has 2 N–H and O–H groups in total. The molecule has 0 aliphatic rings. The van der Waals surface area contributed by atoms with Crippen molar-refractivity contribution in [1.82, 2.24) is 0 Å². The van der Waals surface area contributed by atoms with E-state index < -0.39 is 5.97 Å². The lowest BCUT2D eigenvalue weighted by atomic mass is 10.1. The van der Waals surface area contributed by atoms with Crippen molar-refractivity contribution >= 4 is 17.6 Å². The Morgan fingerprint density at radius 2 is 1.84 bits per heavy atom. The van der Waals surface area contributed by atoms with Gasteiger partial charge in [-0.15, -0.1) is 0 Å². The summed E-state index contributed by atoms with van der Waals surface area (Å²) in [6.45, 7) is 2.89. The summed E-state index contributed by atoms with van der Waals surface area (Å²) in [4.78, 5) is 22.9. The summed E-state index contributed by atoms with van der Waals surface area (Å²) in [6, 6.07) is 14.9. The van der Waals surface area contributed by atoms with E-state index in [1.165, 1.54) is 11.6 Å². The first-order valence-corrected chi connectivity index (χ1v) is 8.32. The molecule has 5 nitrogen and oxygen atoms in total.